The summed E-state index contributed by atoms with van der Waals surface area (Å²) >= 11 is 0. The Bertz CT molecular complexity index is 1050. The number of hydrogen-bond acceptors (Lipinski definition) is 8. The third-order valence-electron chi connectivity index (χ3n) is 7.92. The molecule has 1 aromatic rings. The number of amides is 2. The van der Waals surface area contributed by atoms with E-state index in [9.17, 15) is 14.4 Å². The minimum atomic E-state index is -0.563. The average molecular weight is 557 g/mol. The Hall–Kier alpha value is -3.30. The van der Waals surface area contributed by atoms with Crippen LogP contribution >= 0.6 is 0 Å². The zero-order valence-electron chi connectivity index (χ0n) is 24.0. The number of fused-ring (bicyclic) bond motifs is 1. The minimum absolute atomic E-state index is 0.0580. The van der Waals surface area contributed by atoms with Gasteiger partial charge in [-0.3, -0.25) is 14.9 Å². The molecule has 0 unspecified atom stereocenters. The molecule has 40 heavy (non-hydrogen) atoms. The van der Waals surface area contributed by atoms with Gasteiger partial charge in [0, 0.05) is 31.6 Å². The van der Waals surface area contributed by atoms with Crippen LogP contribution in [0.2, 0.25) is 0 Å². The maximum Gasteiger partial charge on any atom is 0.414 e. The number of carbonyl (C=O) groups excluding carboxylic acids is 3. The topological polar surface area (TPSA) is 110 Å². The summed E-state index contributed by atoms with van der Waals surface area (Å²) in [6.07, 6.45) is 11.3. The van der Waals surface area contributed by atoms with Gasteiger partial charge in [-0.15, -0.1) is 0 Å². The normalized spacial score (nSPS) is 17.9. The van der Waals surface area contributed by atoms with E-state index in [1.807, 2.05) is 30.1 Å². The fourth-order valence-corrected chi connectivity index (χ4v) is 5.67. The van der Waals surface area contributed by atoms with Crippen molar-refractivity contribution in [1.29, 1.82) is 0 Å². The standard InChI is InChI=1S/C30H44N4O6/c1-3-38-28(36)21-34-20-22-19-25(39-18-10-15-27(35)33(2)23-11-6-4-7-12-23)16-17-26(22)31-29(34)32-30(37)40-24-13-8-5-9-14-24/h16-17,19,23-24H,3-15,18,20-21H2,1-2H3,(H,31,32,37). The number of aliphatic imine (C=N–C) groups is 1. The van der Waals surface area contributed by atoms with Crippen molar-refractivity contribution in [3.63, 3.8) is 0 Å². The second-order valence-corrected chi connectivity index (χ2v) is 10.9. The lowest BCUT2D eigenvalue weighted by molar-refractivity contribution is -0.143. The average Bonchev–Trinajstić information content (AvgIpc) is 2.96. The van der Waals surface area contributed by atoms with Gasteiger partial charge >= 0.3 is 12.1 Å². The molecule has 1 aromatic carbocycles. The van der Waals surface area contributed by atoms with E-state index in [4.69, 9.17) is 14.2 Å². The maximum atomic E-state index is 12.6. The molecule has 1 heterocycles. The molecule has 2 aliphatic carbocycles. The van der Waals surface area contributed by atoms with Crippen molar-refractivity contribution in [3.05, 3.63) is 23.8 Å². The van der Waals surface area contributed by atoms with E-state index in [1.54, 1.807) is 11.8 Å². The third-order valence-corrected chi connectivity index (χ3v) is 7.92. The third kappa shape index (κ3) is 8.60. The molecule has 220 valence electrons. The predicted molar refractivity (Wildman–Crippen MR) is 151 cm³/mol. The number of carbonyl (C=O) groups is 3. The minimum Gasteiger partial charge on any atom is -0.494 e. The van der Waals surface area contributed by atoms with Crippen LogP contribution in [0.15, 0.2) is 23.2 Å². The molecule has 10 nitrogen and oxygen atoms in total. The number of rotatable bonds is 10. The van der Waals surface area contributed by atoms with E-state index >= 15 is 0 Å². The van der Waals surface area contributed by atoms with Crippen LogP contribution in [0.5, 0.6) is 5.75 Å². The van der Waals surface area contributed by atoms with E-state index in [0.29, 0.717) is 43.5 Å². The number of nitrogens with one attached hydrogen (secondary N) is 1. The van der Waals surface area contributed by atoms with Crippen molar-refractivity contribution in [1.82, 2.24) is 15.1 Å². The molecule has 2 saturated carbocycles. The van der Waals surface area contributed by atoms with Gasteiger partial charge < -0.3 is 24.0 Å². The van der Waals surface area contributed by atoms with Crippen molar-refractivity contribution in [2.75, 3.05) is 26.8 Å². The Morgan fingerprint density at radius 1 is 1.05 bits per heavy atom. The number of hydrogen-bond donors (Lipinski definition) is 1. The fourth-order valence-electron chi connectivity index (χ4n) is 5.67. The van der Waals surface area contributed by atoms with Gasteiger partial charge in [0.15, 0.2) is 0 Å². The molecule has 4 rings (SSSR count). The van der Waals surface area contributed by atoms with E-state index < -0.39 is 12.1 Å². The highest BCUT2D eigenvalue weighted by Crippen LogP contribution is 2.30. The molecule has 1 aliphatic heterocycles. The number of ether oxygens (including phenoxy) is 3. The molecule has 0 aromatic heterocycles. The summed E-state index contributed by atoms with van der Waals surface area (Å²) in [5, 5.41) is 2.74. The van der Waals surface area contributed by atoms with Gasteiger partial charge in [-0.2, -0.15) is 0 Å². The van der Waals surface area contributed by atoms with Crippen molar-refractivity contribution in [3.8, 4) is 5.75 Å². The van der Waals surface area contributed by atoms with E-state index in [0.717, 1.165) is 44.1 Å². The summed E-state index contributed by atoms with van der Waals surface area (Å²) in [6.45, 7) is 2.74. The molecule has 3 aliphatic rings. The first-order valence-electron chi connectivity index (χ1n) is 14.9. The van der Waals surface area contributed by atoms with Crippen LogP contribution in [-0.2, 0) is 25.6 Å². The van der Waals surface area contributed by atoms with Crippen molar-refractivity contribution >= 4 is 29.6 Å². The zero-order valence-corrected chi connectivity index (χ0v) is 24.0. The number of guanidine groups is 1. The largest absolute Gasteiger partial charge is 0.494 e. The monoisotopic (exact) mass is 556 g/mol. The molecule has 10 heteroatoms. The molecule has 0 atom stereocenters. The quantitative estimate of drug-likeness (QED) is 0.317. The molecular weight excluding hydrogens is 512 g/mol. The van der Waals surface area contributed by atoms with E-state index in [2.05, 4.69) is 10.3 Å². The van der Waals surface area contributed by atoms with Gasteiger partial charge in [-0.1, -0.05) is 25.7 Å². The number of alkyl carbamates (subject to hydrolysis) is 1. The highest BCUT2D eigenvalue weighted by atomic mass is 16.6. The highest BCUT2D eigenvalue weighted by Gasteiger charge is 2.27. The smallest absolute Gasteiger partial charge is 0.414 e. The Labute approximate surface area is 237 Å². The van der Waals surface area contributed by atoms with Gasteiger partial charge in [-0.05, 0) is 70.1 Å². The van der Waals surface area contributed by atoms with E-state index in [-0.39, 0.29) is 31.1 Å². The number of esters is 1. The summed E-state index contributed by atoms with van der Waals surface area (Å²) in [7, 11) is 1.92. The van der Waals surface area contributed by atoms with Crippen molar-refractivity contribution in [2.45, 2.75) is 103 Å². The fraction of sp³-hybridized carbons (Fsp3) is 0.667. The first-order chi connectivity index (χ1) is 19.4. The molecule has 0 bridgehead atoms. The first-order valence-corrected chi connectivity index (χ1v) is 14.9. The van der Waals surface area contributed by atoms with Gasteiger partial charge in [-0.25, -0.2) is 9.79 Å². The second kappa shape index (κ2) is 14.9. The number of benzene rings is 1. The molecule has 0 radical (unpaired) electrons. The summed E-state index contributed by atoms with van der Waals surface area (Å²) in [6, 6.07) is 5.93. The number of nitrogens with zero attached hydrogens (tertiary/aromatic N) is 3. The molecule has 2 amide bonds. The second-order valence-electron chi connectivity index (χ2n) is 10.9. The Morgan fingerprint density at radius 3 is 2.50 bits per heavy atom. The molecule has 1 N–H and O–H groups in total. The van der Waals surface area contributed by atoms with Crippen molar-refractivity contribution in [2.24, 2.45) is 4.99 Å². The van der Waals surface area contributed by atoms with Gasteiger partial charge in [0.2, 0.25) is 11.9 Å². The summed E-state index contributed by atoms with van der Waals surface area (Å²) in [4.78, 5) is 45.7. The zero-order chi connectivity index (χ0) is 28.3. The Balaban J connectivity index is 1.33. The van der Waals surface area contributed by atoms with Crippen LogP contribution in [0, 0.1) is 0 Å². The van der Waals surface area contributed by atoms with Crippen LogP contribution in [0.25, 0.3) is 0 Å². The highest BCUT2D eigenvalue weighted by molar-refractivity contribution is 5.97. The van der Waals surface area contributed by atoms with Gasteiger partial charge in [0.05, 0.1) is 18.9 Å². The van der Waals surface area contributed by atoms with Crippen LogP contribution < -0.4 is 10.1 Å². The summed E-state index contributed by atoms with van der Waals surface area (Å²) in [5.41, 5.74) is 1.55. The summed E-state index contributed by atoms with van der Waals surface area (Å²) < 4.78 is 16.7. The van der Waals surface area contributed by atoms with Crippen LogP contribution in [0.1, 0.15) is 89.5 Å². The molecular formula is C30H44N4O6. The molecule has 0 saturated heterocycles. The van der Waals surface area contributed by atoms with Gasteiger partial charge in [0.25, 0.3) is 0 Å². The lowest BCUT2D eigenvalue weighted by Gasteiger charge is -2.31. The Morgan fingerprint density at radius 2 is 1.77 bits per heavy atom. The van der Waals surface area contributed by atoms with Gasteiger partial charge in [0.1, 0.15) is 18.4 Å². The summed E-state index contributed by atoms with van der Waals surface area (Å²) in [5.74, 6) is 0.699. The maximum absolute atomic E-state index is 12.6. The van der Waals surface area contributed by atoms with Crippen LogP contribution in [0.4, 0.5) is 10.5 Å². The lowest BCUT2D eigenvalue weighted by atomic mass is 9.94. The SMILES string of the molecule is CCOC(=O)CN1Cc2cc(OCCCC(=O)N(C)C3CCCCC3)ccc2N=C1NC(=O)OC1CCCCC1. The van der Waals surface area contributed by atoms with E-state index in [1.165, 1.54) is 25.7 Å². The van der Waals surface area contributed by atoms with Crippen molar-refractivity contribution < 1.29 is 28.6 Å². The lowest BCUT2D eigenvalue weighted by Crippen LogP contribution is -2.48. The first kappa shape index (κ1) is 29.7. The predicted octanol–water partition coefficient (Wildman–Crippen LogP) is 5.06. The Kier molecular flexibility index (Phi) is 11.1. The molecule has 0 spiro atoms. The molecule has 2 fully saturated rings. The van der Waals surface area contributed by atoms with Crippen LogP contribution in [0.3, 0.4) is 0 Å². The van der Waals surface area contributed by atoms with Crippen LogP contribution in [-0.4, -0.2) is 72.7 Å².